The highest BCUT2D eigenvalue weighted by Gasteiger charge is 2.33. The first-order valence-electron chi connectivity index (χ1n) is 7.57. The van der Waals surface area contributed by atoms with Gasteiger partial charge in [-0.1, -0.05) is 26.6 Å². The average molecular weight is 284 g/mol. The quantitative estimate of drug-likeness (QED) is 0.880. The van der Waals surface area contributed by atoms with Gasteiger partial charge in [0.1, 0.15) is 11.2 Å². The molecule has 1 aliphatic rings. The van der Waals surface area contributed by atoms with Gasteiger partial charge < -0.3 is 4.98 Å². The van der Waals surface area contributed by atoms with E-state index in [9.17, 15) is 4.79 Å². The van der Waals surface area contributed by atoms with Crippen LogP contribution in [0.1, 0.15) is 51.8 Å². The largest absolute Gasteiger partial charge is 0.310 e. The summed E-state index contributed by atoms with van der Waals surface area (Å²) in [7, 11) is 5.83. The number of H-pyrrole nitrogens is 1. The number of aromatic amines is 1. The molecule has 0 bridgehead atoms. The first kappa shape index (κ1) is 14.4. The van der Waals surface area contributed by atoms with Gasteiger partial charge in [-0.05, 0) is 24.7 Å². The summed E-state index contributed by atoms with van der Waals surface area (Å²) in [6.45, 7) is 7.02. The third-order valence-electron chi connectivity index (χ3n) is 4.34. The Bertz CT molecular complexity index is 716. The molecule has 0 aromatic carbocycles. The van der Waals surface area contributed by atoms with Crippen molar-refractivity contribution in [1.82, 2.24) is 19.7 Å². The summed E-state index contributed by atoms with van der Waals surface area (Å²) in [6, 6.07) is 0. The number of nitrogens with zero attached hydrogens (tertiary/aromatic N) is 3. The van der Waals surface area contributed by atoms with E-state index >= 15 is 0 Å². The lowest BCUT2D eigenvalue weighted by atomic mass is 9.90. The molecule has 5 nitrogen and oxygen atoms in total. The number of fused-ring (bicyclic) bond motifs is 1. The van der Waals surface area contributed by atoms with E-state index in [2.05, 4.69) is 28.9 Å². The van der Waals surface area contributed by atoms with Gasteiger partial charge in [-0.2, -0.15) is 5.10 Å². The Morgan fingerprint density at radius 1 is 1.57 bits per heavy atom. The van der Waals surface area contributed by atoms with Gasteiger partial charge in [-0.3, -0.25) is 4.79 Å². The Hall–Kier alpha value is -1.59. The fourth-order valence-corrected chi connectivity index (χ4v) is 3.25. The summed E-state index contributed by atoms with van der Waals surface area (Å²) in [5, 5.41) is 4.79. The number of aromatic nitrogens is 4. The molecule has 1 aliphatic carbocycles. The third-order valence-corrected chi connectivity index (χ3v) is 4.34. The second-order valence-corrected chi connectivity index (χ2v) is 7.10. The van der Waals surface area contributed by atoms with Crippen LogP contribution in [-0.2, 0) is 6.54 Å². The van der Waals surface area contributed by atoms with Gasteiger partial charge >= 0.3 is 0 Å². The van der Waals surface area contributed by atoms with Gasteiger partial charge in [0.2, 0.25) is 0 Å². The lowest BCUT2D eigenvalue weighted by Gasteiger charge is -2.16. The van der Waals surface area contributed by atoms with Crippen LogP contribution in [0.25, 0.3) is 11.0 Å². The molecule has 1 N–H and O–H groups in total. The lowest BCUT2D eigenvalue weighted by Crippen LogP contribution is -2.16. The minimum absolute atomic E-state index is 0.0250. The highest BCUT2D eigenvalue weighted by Crippen LogP contribution is 2.44. The van der Waals surface area contributed by atoms with E-state index < -0.39 is 0 Å². The van der Waals surface area contributed by atoms with Crippen LogP contribution in [0.4, 0.5) is 0 Å². The maximum absolute atomic E-state index is 12.2. The Labute approximate surface area is 125 Å². The van der Waals surface area contributed by atoms with E-state index in [4.69, 9.17) is 7.85 Å². The zero-order valence-corrected chi connectivity index (χ0v) is 12.9. The van der Waals surface area contributed by atoms with Gasteiger partial charge in [0, 0.05) is 12.5 Å². The van der Waals surface area contributed by atoms with Gasteiger partial charge in [0.15, 0.2) is 5.65 Å². The molecule has 21 heavy (non-hydrogen) atoms. The number of nitrogens with one attached hydrogen (secondary N) is 1. The van der Waals surface area contributed by atoms with Crippen LogP contribution in [0, 0.1) is 5.41 Å². The number of hydrogen-bond donors (Lipinski definition) is 1. The van der Waals surface area contributed by atoms with E-state index in [0.717, 1.165) is 18.7 Å². The molecule has 0 aliphatic heterocycles. The molecule has 3 rings (SSSR count). The molecular weight excluding hydrogens is 263 g/mol. The minimum Gasteiger partial charge on any atom is -0.310 e. The summed E-state index contributed by atoms with van der Waals surface area (Å²) < 4.78 is 1.73. The summed E-state index contributed by atoms with van der Waals surface area (Å²) in [6.07, 6.45) is 4.87. The first-order chi connectivity index (χ1) is 9.85. The van der Waals surface area contributed by atoms with Gasteiger partial charge in [0.25, 0.3) is 5.56 Å². The summed E-state index contributed by atoms with van der Waals surface area (Å²) in [4.78, 5) is 19.9. The maximum Gasteiger partial charge on any atom is 0.262 e. The number of rotatable bonds is 3. The predicted molar refractivity (Wildman–Crippen MR) is 83.7 cm³/mol. The fraction of sp³-hybridized carbons (Fsp3) is 0.667. The average Bonchev–Trinajstić information content (AvgIpc) is 2.93. The smallest absolute Gasteiger partial charge is 0.262 e. The molecule has 6 heteroatoms. The first-order valence-corrected chi connectivity index (χ1v) is 7.57. The molecule has 2 heterocycles. The van der Waals surface area contributed by atoms with Crippen molar-refractivity contribution in [3.8, 4) is 0 Å². The Balaban J connectivity index is 2.03. The van der Waals surface area contributed by atoms with Crippen LogP contribution in [-0.4, -0.2) is 27.6 Å². The molecule has 2 aromatic rings. The Morgan fingerprint density at radius 2 is 2.33 bits per heavy atom. The van der Waals surface area contributed by atoms with Crippen molar-refractivity contribution in [1.29, 1.82) is 0 Å². The number of hydrogen-bond acceptors (Lipinski definition) is 3. The van der Waals surface area contributed by atoms with Crippen molar-refractivity contribution in [2.75, 3.05) is 0 Å². The fourth-order valence-electron chi connectivity index (χ4n) is 3.25. The normalized spacial score (nSPS) is 22.7. The Kier molecular flexibility index (Phi) is 3.42. The van der Waals surface area contributed by atoms with Crippen LogP contribution in [0.15, 0.2) is 11.0 Å². The predicted octanol–water partition coefficient (Wildman–Crippen LogP) is 2.39. The Morgan fingerprint density at radius 3 is 2.95 bits per heavy atom. The van der Waals surface area contributed by atoms with E-state index in [1.165, 1.54) is 6.42 Å². The van der Waals surface area contributed by atoms with Gasteiger partial charge in [-0.25, -0.2) is 9.67 Å². The van der Waals surface area contributed by atoms with Crippen molar-refractivity contribution in [2.24, 2.45) is 5.41 Å². The van der Waals surface area contributed by atoms with E-state index in [1.54, 1.807) is 10.9 Å². The molecule has 1 saturated carbocycles. The molecule has 1 fully saturated rings. The van der Waals surface area contributed by atoms with Crippen molar-refractivity contribution < 1.29 is 0 Å². The topological polar surface area (TPSA) is 63.6 Å². The highest BCUT2D eigenvalue weighted by molar-refractivity contribution is 6.11. The second-order valence-electron chi connectivity index (χ2n) is 7.10. The zero-order valence-electron chi connectivity index (χ0n) is 12.9. The second kappa shape index (κ2) is 5.00. The molecule has 110 valence electrons. The molecule has 2 atom stereocenters. The van der Waals surface area contributed by atoms with E-state index in [1.807, 2.05) is 6.92 Å². The summed E-state index contributed by atoms with van der Waals surface area (Å²) in [5.41, 5.74) is 0.871. The standard InChI is InChI=1S/C15H21BN4O/c1-9(16)8-20-13-11(7-17-20)14(21)19-12(18-13)10-4-5-15(2,3)6-10/h7,9-10H,4-6,8H2,1-3H3,(H,18,19,21). The third kappa shape index (κ3) is 2.76. The van der Waals surface area contributed by atoms with Crippen LogP contribution in [0.2, 0.25) is 5.82 Å². The summed E-state index contributed by atoms with van der Waals surface area (Å²) in [5.74, 6) is 1.10. The molecule has 2 unspecified atom stereocenters. The van der Waals surface area contributed by atoms with Crippen LogP contribution in [0.5, 0.6) is 0 Å². The van der Waals surface area contributed by atoms with Crippen molar-refractivity contribution >= 4 is 18.9 Å². The van der Waals surface area contributed by atoms with Crippen molar-refractivity contribution in [3.63, 3.8) is 0 Å². The molecule has 2 aromatic heterocycles. The lowest BCUT2D eigenvalue weighted by molar-refractivity contribution is 0.374. The van der Waals surface area contributed by atoms with Gasteiger partial charge in [-0.15, -0.1) is 0 Å². The van der Waals surface area contributed by atoms with Crippen LogP contribution in [0.3, 0.4) is 0 Å². The zero-order chi connectivity index (χ0) is 15.2. The summed E-state index contributed by atoms with van der Waals surface area (Å²) >= 11 is 0. The monoisotopic (exact) mass is 284 g/mol. The molecule has 0 spiro atoms. The van der Waals surface area contributed by atoms with Crippen molar-refractivity contribution in [3.05, 3.63) is 22.4 Å². The van der Waals surface area contributed by atoms with Crippen molar-refractivity contribution in [2.45, 2.75) is 58.3 Å². The van der Waals surface area contributed by atoms with Crippen LogP contribution < -0.4 is 5.56 Å². The highest BCUT2D eigenvalue weighted by atomic mass is 16.1. The molecule has 0 saturated heterocycles. The van der Waals surface area contributed by atoms with E-state index in [0.29, 0.717) is 28.9 Å². The SMILES string of the molecule is [B]C(C)Cn1ncc2c(=O)[nH]c(C3CCC(C)(C)C3)nc21. The molecule has 2 radical (unpaired) electrons. The minimum atomic E-state index is -0.101. The maximum atomic E-state index is 12.2. The molecular formula is C15H21BN4O. The van der Waals surface area contributed by atoms with E-state index in [-0.39, 0.29) is 11.4 Å². The molecule has 0 amide bonds. The van der Waals surface area contributed by atoms with Gasteiger partial charge in [0.05, 0.1) is 14.0 Å². The van der Waals surface area contributed by atoms with Crippen LogP contribution >= 0.6 is 0 Å².